The van der Waals surface area contributed by atoms with Crippen LogP contribution in [0.15, 0.2) is 40.9 Å². The third kappa shape index (κ3) is 21.1. The van der Waals surface area contributed by atoms with Gasteiger partial charge in [-0.25, -0.2) is 9.78 Å². The van der Waals surface area contributed by atoms with Crippen molar-refractivity contribution in [3.63, 3.8) is 0 Å². The molecule has 0 spiro atoms. The second-order valence-electron chi connectivity index (χ2n) is 17.5. The number of amides is 1. The number of rotatable bonds is 35. The number of benzene rings is 2. The van der Waals surface area contributed by atoms with Crippen LogP contribution in [0.3, 0.4) is 0 Å². The summed E-state index contributed by atoms with van der Waals surface area (Å²) in [6.07, 6.45) is 1.08. The molecule has 2 aromatic heterocycles. The molecule has 386 valence electrons. The Bertz CT molecular complexity index is 2040. The number of imidazole rings is 1. The van der Waals surface area contributed by atoms with Crippen LogP contribution in [-0.2, 0) is 66.8 Å². The van der Waals surface area contributed by atoms with Crippen LogP contribution in [0.5, 0.6) is 5.75 Å². The van der Waals surface area contributed by atoms with Gasteiger partial charge >= 0.3 is 6.09 Å². The molecule has 3 heterocycles. The van der Waals surface area contributed by atoms with Crippen molar-refractivity contribution in [1.82, 2.24) is 24.9 Å². The van der Waals surface area contributed by atoms with Crippen LogP contribution in [0.1, 0.15) is 50.5 Å². The number of hydrogen-bond acceptors (Lipinski definition) is 16. The minimum absolute atomic E-state index is 0.330. The Labute approximate surface area is 412 Å². The summed E-state index contributed by atoms with van der Waals surface area (Å²) in [4.78, 5) is 19.2. The first-order valence-corrected chi connectivity index (χ1v) is 24.6. The van der Waals surface area contributed by atoms with Gasteiger partial charge in [0.2, 0.25) is 0 Å². The van der Waals surface area contributed by atoms with Crippen LogP contribution in [-0.4, -0.2) is 183 Å². The first-order chi connectivity index (χ1) is 33.5. The lowest BCUT2D eigenvalue weighted by molar-refractivity contribution is -0.0235. The second-order valence-corrected chi connectivity index (χ2v) is 17.9. The molecule has 0 aliphatic carbocycles. The van der Waals surface area contributed by atoms with Gasteiger partial charge in [-0.3, -0.25) is 4.90 Å². The molecule has 1 N–H and O–H groups in total. The lowest BCUT2D eigenvalue weighted by Crippen LogP contribution is -2.44. The van der Waals surface area contributed by atoms with E-state index in [9.17, 15) is 4.79 Å². The number of aryl methyl sites for hydroxylation is 4. The maximum Gasteiger partial charge on any atom is 0.407 e. The van der Waals surface area contributed by atoms with Crippen molar-refractivity contribution in [2.75, 3.05) is 145 Å². The fraction of sp³-hybridized carbons (Fsp3) is 0.660. The number of nitrogens with one attached hydrogen (secondary N) is 1. The summed E-state index contributed by atoms with van der Waals surface area (Å²) >= 11 is 6.70. The van der Waals surface area contributed by atoms with Crippen molar-refractivity contribution in [2.24, 2.45) is 0 Å². The van der Waals surface area contributed by atoms with E-state index in [0.717, 1.165) is 90.7 Å². The third-order valence-electron chi connectivity index (χ3n) is 10.9. The molecule has 0 unspecified atom stereocenters. The molecule has 1 aliphatic heterocycles. The molecular weight excluding hydrogens is 914 g/mol. The van der Waals surface area contributed by atoms with Crippen LogP contribution in [0.4, 0.5) is 4.79 Å². The third-order valence-corrected chi connectivity index (χ3v) is 11.2. The number of aromatic nitrogens is 3. The molecular formula is C50H76ClN5O13. The number of nitrogens with zero attached hydrogens (tertiary/aromatic N) is 4. The molecule has 1 amide bonds. The van der Waals surface area contributed by atoms with Crippen LogP contribution < -0.4 is 10.1 Å². The van der Waals surface area contributed by atoms with Gasteiger partial charge in [0, 0.05) is 44.2 Å². The van der Waals surface area contributed by atoms with Crippen LogP contribution >= 0.6 is 11.6 Å². The average molecular weight is 991 g/mol. The van der Waals surface area contributed by atoms with Crippen molar-refractivity contribution in [3.05, 3.63) is 64.3 Å². The fourth-order valence-electron chi connectivity index (χ4n) is 7.49. The van der Waals surface area contributed by atoms with Gasteiger partial charge in [-0.15, -0.1) is 0 Å². The van der Waals surface area contributed by atoms with Crippen molar-refractivity contribution in [3.8, 4) is 16.9 Å². The molecule has 0 bridgehead atoms. The number of hydrogen-bond donors (Lipinski definition) is 1. The maximum absolute atomic E-state index is 11.6. The van der Waals surface area contributed by atoms with Gasteiger partial charge in [0.25, 0.3) is 0 Å². The topological polar surface area (TPSA) is 178 Å². The zero-order valence-electron chi connectivity index (χ0n) is 41.7. The molecule has 0 radical (unpaired) electrons. The molecule has 5 rings (SSSR count). The number of halogens is 1. The van der Waals surface area contributed by atoms with Gasteiger partial charge in [0.15, 0.2) is 0 Å². The van der Waals surface area contributed by atoms with Gasteiger partial charge in [-0.05, 0) is 83.4 Å². The van der Waals surface area contributed by atoms with E-state index in [4.69, 9.17) is 73.2 Å². The standard InChI is InChI=1S/C50H76ClN5O13/c1-38(55-14-17-59-18-15-55)37-56-45-10-9-42(48-39(2)54-69-40(48)3)36-44(45)53-47(56)12-8-41-7-11-46(43(51)35-41)67-34-33-66-32-31-65-30-29-64-28-27-63-26-25-62-24-23-61-22-21-60-20-19-58-16-13-52-49(57)68-50(4,5)6/h7,9-11,35-36,38H,8,12-34,37H2,1-6H3,(H,52,57)/t38-/m0/s1. The van der Waals surface area contributed by atoms with Crippen molar-refractivity contribution < 1.29 is 61.4 Å². The monoisotopic (exact) mass is 990 g/mol. The highest BCUT2D eigenvalue weighted by Gasteiger charge is 2.22. The maximum atomic E-state index is 11.6. The Morgan fingerprint density at radius 1 is 0.739 bits per heavy atom. The predicted octanol–water partition coefficient (Wildman–Crippen LogP) is 6.50. The molecule has 1 aliphatic rings. The quantitative estimate of drug-likeness (QED) is 0.0494. The van der Waals surface area contributed by atoms with Crippen LogP contribution in [0, 0.1) is 13.8 Å². The molecule has 4 aromatic rings. The van der Waals surface area contributed by atoms with Gasteiger partial charge in [0.1, 0.15) is 29.5 Å². The number of morpholine rings is 1. The number of alkyl carbamates (subject to hydrolysis) is 1. The Morgan fingerprint density at radius 2 is 1.29 bits per heavy atom. The van der Waals surface area contributed by atoms with Crippen LogP contribution in [0.2, 0.25) is 5.02 Å². The first-order valence-electron chi connectivity index (χ1n) is 24.2. The van der Waals surface area contributed by atoms with E-state index in [1.54, 1.807) is 0 Å². The fourth-order valence-corrected chi connectivity index (χ4v) is 7.75. The summed E-state index contributed by atoms with van der Waals surface area (Å²) in [5.74, 6) is 2.47. The minimum Gasteiger partial charge on any atom is -0.490 e. The predicted molar refractivity (Wildman–Crippen MR) is 262 cm³/mol. The van der Waals surface area contributed by atoms with Crippen LogP contribution in [0.25, 0.3) is 22.2 Å². The Morgan fingerprint density at radius 3 is 1.81 bits per heavy atom. The van der Waals surface area contributed by atoms with Crippen molar-refractivity contribution >= 4 is 28.7 Å². The number of fused-ring (bicyclic) bond motifs is 1. The van der Waals surface area contributed by atoms with E-state index in [2.05, 4.69) is 51.1 Å². The van der Waals surface area contributed by atoms with E-state index in [-0.39, 0.29) is 0 Å². The summed E-state index contributed by atoms with van der Waals surface area (Å²) in [6, 6.07) is 12.8. The molecule has 18 nitrogen and oxygen atoms in total. The van der Waals surface area contributed by atoms with E-state index in [1.165, 1.54) is 0 Å². The SMILES string of the molecule is Cc1noc(C)c1-c1ccc2c(c1)nc(CCc1ccc(OCCOCCOCCOCCOCCOCCOCCOCCOCCNC(=O)OC(C)(C)C)c(Cl)c1)n2C[C@H](C)N1CCOCC1. The van der Waals surface area contributed by atoms with Crippen molar-refractivity contribution in [1.29, 1.82) is 0 Å². The molecule has 0 saturated carbocycles. The molecule has 2 aromatic carbocycles. The summed E-state index contributed by atoms with van der Waals surface area (Å²) < 4.78 is 68.9. The van der Waals surface area contributed by atoms with E-state index >= 15 is 0 Å². The first kappa shape index (κ1) is 56.0. The van der Waals surface area contributed by atoms with E-state index in [0.29, 0.717) is 136 Å². The Kier molecular flexibility index (Phi) is 25.5. The highest BCUT2D eigenvalue weighted by atomic mass is 35.5. The van der Waals surface area contributed by atoms with Gasteiger partial charge < -0.3 is 66.5 Å². The minimum atomic E-state index is -0.520. The van der Waals surface area contributed by atoms with E-state index < -0.39 is 11.7 Å². The molecule has 1 atom stereocenters. The molecule has 1 saturated heterocycles. The zero-order valence-corrected chi connectivity index (χ0v) is 42.4. The number of carbonyl (C=O) groups excluding carboxylic acids is 1. The Hall–Kier alpha value is -3.92. The largest absolute Gasteiger partial charge is 0.490 e. The summed E-state index contributed by atoms with van der Waals surface area (Å²) in [7, 11) is 0. The molecule has 69 heavy (non-hydrogen) atoms. The number of carbonyl (C=O) groups is 1. The number of ether oxygens (including phenoxy) is 11. The smallest absolute Gasteiger partial charge is 0.407 e. The highest BCUT2D eigenvalue weighted by Crippen LogP contribution is 2.31. The molecule has 19 heteroatoms. The van der Waals surface area contributed by atoms with E-state index in [1.807, 2.05) is 46.8 Å². The lowest BCUT2D eigenvalue weighted by Gasteiger charge is -2.32. The summed E-state index contributed by atoms with van der Waals surface area (Å²) in [5.41, 5.74) is 5.61. The highest BCUT2D eigenvalue weighted by molar-refractivity contribution is 6.32. The molecule has 1 fully saturated rings. The van der Waals surface area contributed by atoms with Gasteiger partial charge in [-0.1, -0.05) is 28.9 Å². The van der Waals surface area contributed by atoms with Gasteiger partial charge in [0.05, 0.1) is 141 Å². The summed E-state index contributed by atoms with van der Waals surface area (Å²) in [5, 5.41) is 7.37. The zero-order chi connectivity index (χ0) is 49.1. The lowest BCUT2D eigenvalue weighted by atomic mass is 10.0. The normalized spacial score (nSPS) is 13.9. The summed E-state index contributed by atoms with van der Waals surface area (Å²) in [6.45, 7) is 23.9. The second kappa shape index (κ2) is 31.4. The average Bonchev–Trinajstić information content (AvgIpc) is 3.85. The Balaban J connectivity index is 0.838. The van der Waals surface area contributed by atoms with Gasteiger partial charge in [-0.2, -0.15) is 0 Å². The van der Waals surface area contributed by atoms with Crippen molar-refractivity contribution in [2.45, 2.75) is 72.6 Å².